The zero-order valence-electron chi connectivity index (χ0n) is 11.0. The predicted octanol–water partition coefficient (Wildman–Crippen LogP) is 1.14. The summed E-state index contributed by atoms with van der Waals surface area (Å²) in [5, 5.41) is 9.05. The van der Waals surface area contributed by atoms with Gasteiger partial charge in [0, 0.05) is 26.7 Å². The molecule has 18 heavy (non-hydrogen) atoms. The molecule has 1 rings (SSSR count). The van der Waals surface area contributed by atoms with Crippen molar-refractivity contribution in [3.63, 3.8) is 0 Å². The zero-order chi connectivity index (χ0) is 13.1. The third kappa shape index (κ3) is 6.71. The van der Waals surface area contributed by atoms with Crippen LogP contribution in [0.4, 0.5) is 0 Å². The molecule has 0 fully saturated rings. The van der Waals surface area contributed by atoms with Gasteiger partial charge in [0.15, 0.2) is 0 Å². The highest BCUT2D eigenvalue weighted by atomic mass is 16.5. The molecular formula is C14H23NO3. The molecule has 0 heterocycles. The average molecular weight is 253 g/mol. The molecule has 0 spiro atoms. The van der Waals surface area contributed by atoms with Crippen molar-refractivity contribution in [1.29, 1.82) is 0 Å². The van der Waals surface area contributed by atoms with E-state index in [4.69, 9.17) is 14.6 Å². The van der Waals surface area contributed by atoms with Gasteiger partial charge in [0.1, 0.15) is 0 Å². The van der Waals surface area contributed by atoms with Gasteiger partial charge in [-0.05, 0) is 5.56 Å². The lowest BCUT2D eigenvalue weighted by molar-refractivity contribution is 0.0530. The van der Waals surface area contributed by atoms with E-state index in [-0.39, 0.29) is 6.61 Å². The predicted molar refractivity (Wildman–Crippen MR) is 71.5 cm³/mol. The Hall–Kier alpha value is -0.940. The molecule has 0 radical (unpaired) electrons. The van der Waals surface area contributed by atoms with Gasteiger partial charge in [-0.25, -0.2) is 0 Å². The van der Waals surface area contributed by atoms with Gasteiger partial charge >= 0.3 is 0 Å². The first-order chi connectivity index (χ1) is 8.86. The number of hydrogen-bond donors (Lipinski definition) is 1. The zero-order valence-corrected chi connectivity index (χ0v) is 11.0. The molecule has 0 aliphatic rings. The summed E-state index contributed by atoms with van der Waals surface area (Å²) in [5.41, 5.74) is 1.25. The molecule has 1 aromatic rings. The van der Waals surface area contributed by atoms with Crippen LogP contribution in [0, 0.1) is 0 Å². The van der Waals surface area contributed by atoms with Crippen molar-refractivity contribution in [1.82, 2.24) is 4.90 Å². The van der Waals surface area contributed by atoms with Crippen molar-refractivity contribution in [2.75, 3.05) is 46.6 Å². The van der Waals surface area contributed by atoms with E-state index in [2.05, 4.69) is 17.0 Å². The largest absolute Gasteiger partial charge is 0.395 e. The van der Waals surface area contributed by atoms with Crippen molar-refractivity contribution in [2.24, 2.45) is 0 Å². The molecule has 0 aromatic heterocycles. The third-order valence-electron chi connectivity index (χ3n) is 2.65. The van der Waals surface area contributed by atoms with Crippen LogP contribution in [0.3, 0.4) is 0 Å². The fourth-order valence-corrected chi connectivity index (χ4v) is 1.69. The maximum absolute atomic E-state index is 9.05. The maximum atomic E-state index is 9.05. The van der Waals surface area contributed by atoms with E-state index in [1.54, 1.807) is 7.11 Å². The summed E-state index contributed by atoms with van der Waals surface area (Å²) in [6.45, 7) is 4.41. The van der Waals surface area contributed by atoms with Crippen molar-refractivity contribution >= 4 is 0 Å². The van der Waals surface area contributed by atoms with Gasteiger partial charge in [-0.2, -0.15) is 0 Å². The Morgan fingerprint density at radius 1 is 1.06 bits per heavy atom. The molecule has 0 saturated heterocycles. The van der Waals surface area contributed by atoms with Crippen molar-refractivity contribution in [2.45, 2.75) is 6.54 Å². The van der Waals surface area contributed by atoms with Gasteiger partial charge in [0.05, 0.1) is 26.4 Å². The first kappa shape index (κ1) is 15.1. The van der Waals surface area contributed by atoms with Gasteiger partial charge in [0.2, 0.25) is 0 Å². The number of benzene rings is 1. The van der Waals surface area contributed by atoms with Crippen LogP contribution < -0.4 is 0 Å². The fourth-order valence-electron chi connectivity index (χ4n) is 1.69. The normalized spacial score (nSPS) is 11.1. The molecule has 0 unspecified atom stereocenters. The molecule has 0 amide bonds. The molecule has 0 aliphatic carbocycles. The number of aliphatic hydroxyl groups excluding tert-OH is 1. The number of methoxy groups -OCH3 is 1. The monoisotopic (exact) mass is 253 g/mol. The van der Waals surface area contributed by atoms with E-state index in [1.807, 2.05) is 18.2 Å². The summed E-state index contributed by atoms with van der Waals surface area (Å²) in [6.07, 6.45) is 0. The van der Waals surface area contributed by atoms with E-state index in [1.165, 1.54) is 5.56 Å². The Bertz CT molecular complexity index is 292. The Morgan fingerprint density at radius 2 is 1.83 bits per heavy atom. The first-order valence-electron chi connectivity index (χ1n) is 6.30. The second-order valence-corrected chi connectivity index (χ2v) is 4.09. The quantitative estimate of drug-likeness (QED) is 0.635. The van der Waals surface area contributed by atoms with Crippen LogP contribution in [-0.4, -0.2) is 56.6 Å². The van der Waals surface area contributed by atoms with Crippen molar-refractivity contribution < 1.29 is 14.6 Å². The minimum atomic E-state index is 0.172. The maximum Gasteiger partial charge on any atom is 0.0700 e. The molecule has 4 nitrogen and oxygen atoms in total. The van der Waals surface area contributed by atoms with E-state index < -0.39 is 0 Å². The molecule has 0 atom stereocenters. The van der Waals surface area contributed by atoms with Gasteiger partial charge in [-0.1, -0.05) is 30.3 Å². The summed E-state index contributed by atoms with van der Waals surface area (Å²) in [6, 6.07) is 10.3. The summed E-state index contributed by atoms with van der Waals surface area (Å²) in [5.74, 6) is 0. The van der Waals surface area contributed by atoms with Crippen LogP contribution in [0.1, 0.15) is 5.56 Å². The lowest BCUT2D eigenvalue weighted by Crippen LogP contribution is -2.30. The molecule has 1 aromatic carbocycles. The van der Waals surface area contributed by atoms with Gasteiger partial charge < -0.3 is 14.6 Å². The number of hydrogen-bond acceptors (Lipinski definition) is 4. The minimum Gasteiger partial charge on any atom is -0.395 e. The van der Waals surface area contributed by atoms with E-state index >= 15 is 0 Å². The summed E-state index contributed by atoms with van der Waals surface area (Å²) >= 11 is 0. The highest BCUT2D eigenvalue weighted by Crippen LogP contribution is 2.03. The summed E-state index contributed by atoms with van der Waals surface area (Å²) < 4.78 is 10.4. The fraction of sp³-hybridized carbons (Fsp3) is 0.571. The van der Waals surface area contributed by atoms with E-state index in [0.717, 1.165) is 13.1 Å². The average Bonchev–Trinajstić information content (AvgIpc) is 2.40. The molecule has 4 heteroatoms. The van der Waals surface area contributed by atoms with Crippen LogP contribution in [0.15, 0.2) is 30.3 Å². The number of aliphatic hydroxyl groups is 1. The lowest BCUT2D eigenvalue weighted by atomic mass is 10.2. The van der Waals surface area contributed by atoms with Crippen LogP contribution in [0.25, 0.3) is 0 Å². The van der Waals surface area contributed by atoms with Gasteiger partial charge in [-0.3, -0.25) is 4.90 Å². The Morgan fingerprint density at radius 3 is 2.50 bits per heavy atom. The molecule has 0 bridgehead atoms. The Kier molecular flexibility index (Phi) is 8.42. The number of ether oxygens (including phenoxy) is 2. The van der Waals surface area contributed by atoms with Crippen LogP contribution in [-0.2, 0) is 16.0 Å². The minimum absolute atomic E-state index is 0.172. The summed E-state index contributed by atoms with van der Waals surface area (Å²) in [4.78, 5) is 2.18. The highest BCUT2D eigenvalue weighted by Gasteiger charge is 2.05. The molecule has 1 N–H and O–H groups in total. The number of rotatable bonds is 10. The first-order valence-corrected chi connectivity index (χ1v) is 6.30. The molecule has 102 valence electrons. The molecule has 0 saturated carbocycles. The highest BCUT2D eigenvalue weighted by molar-refractivity contribution is 5.14. The van der Waals surface area contributed by atoms with Crippen molar-refractivity contribution in [3.8, 4) is 0 Å². The number of nitrogens with zero attached hydrogens (tertiary/aromatic N) is 1. The van der Waals surface area contributed by atoms with Crippen LogP contribution >= 0.6 is 0 Å². The lowest BCUT2D eigenvalue weighted by Gasteiger charge is -2.21. The van der Waals surface area contributed by atoms with E-state index in [9.17, 15) is 0 Å². The van der Waals surface area contributed by atoms with E-state index in [0.29, 0.717) is 26.4 Å². The Balaban J connectivity index is 2.26. The van der Waals surface area contributed by atoms with Crippen molar-refractivity contribution in [3.05, 3.63) is 35.9 Å². The van der Waals surface area contributed by atoms with Gasteiger partial charge in [-0.15, -0.1) is 0 Å². The topological polar surface area (TPSA) is 41.9 Å². The van der Waals surface area contributed by atoms with Gasteiger partial charge in [0.25, 0.3) is 0 Å². The smallest absolute Gasteiger partial charge is 0.0700 e. The SMILES string of the molecule is COCCOCCN(CCO)Cc1ccccc1. The Labute approximate surface area is 109 Å². The molecular weight excluding hydrogens is 230 g/mol. The second-order valence-electron chi connectivity index (χ2n) is 4.09. The molecule has 0 aliphatic heterocycles. The standard InChI is InChI=1S/C14H23NO3/c1-17-11-12-18-10-8-15(7-9-16)13-14-5-3-2-4-6-14/h2-6,16H,7-13H2,1H3. The second kappa shape index (κ2) is 10.0. The van der Waals surface area contributed by atoms with Crippen LogP contribution in [0.2, 0.25) is 0 Å². The third-order valence-corrected chi connectivity index (χ3v) is 2.65. The summed E-state index contributed by atoms with van der Waals surface area (Å²) in [7, 11) is 1.66. The van der Waals surface area contributed by atoms with Crippen LogP contribution in [0.5, 0.6) is 0 Å².